The van der Waals surface area contributed by atoms with Gasteiger partial charge >= 0.3 is 5.97 Å². The number of hydrogen-bond donors (Lipinski definition) is 1. The van der Waals surface area contributed by atoms with E-state index in [-0.39, 0.29) is 18.4 Å². The van der Waals surface area contributed by atoms with Gasteiger partial charge in [0.25, 0.3) is 0 Å². The predicted octanol–water partition coefficient (Wildman–Crippen LogP) is 2.09. The summed E-state index contributed by atoms with van der Waals surface area (Å²) in [7, 11) is 0. The fourth-order valence-electron chi connectivity index (χ4n) is 1.71. The number of nitrogens with one attached hydrogen (secondary N) is 1. The molecule has 0 radical (unpaired) electrons. The second kappa shape index (κ2) is 7.23. The van der Waals surface area contributed by atoms with Crippen LogP contribution in [-0.2, 0) is 16.1 Å². The van der Waals surface area contributed by atoms with Gasteiger partial charge in [-0.25, -0.2) is 4.79 Å². The van der Waals surface area contributed by atoms with Crippen LogP contribution in [0.1, 0.15) is 23.7 Å². The number of hydrogen-bond acceptors (Lipinski definition) is 4. The van der Waals surface area contributed by atoms with Gasteiger partial charge in [-0.05, 0) is 36.8 Å². The van der Waals surface area contributed by atoms with E-state index in [1.165, 1.54) is 4.68 Å². The first-order valence-corrected chi connectivity index (χ1v) is 6.73. The summed E-state index contributed by atoms with van der Waals surface area (Å²) in [6.07, 6.45) is 4.11. The van der Waals surface area contributed by atoms with Crippen LogP contribution in [0.15, 0.2) is 42.7 Å². The Morgan fingerprint density at radius 2 is 2.05 bits per heavy atom. The minimum absolute atomic E-state index is 0.146. The monoisotopic (exact) mass is 287 g/mol. The Kier molecular flexibility index (Phi) is 5.09. The smallest absolute Gasteiger partial charge is 0.338 e. The predicted molar refractivity (Wildman–Crippen MR) is 77.9 cm³/mol. The van der Waals surface area contributed by atoms with Crippen molar-refractivity contribution in [2.45, 2.75) is 19.9 Å². The molecule has 2 rings (SSSR count). The summed E-state index contributed by atoms with van der Waals surface area (Å²) in [5, 5.41) is 6.70. The molecule has 0 unspecified atom stereocenters. The van der Waals surface area contributed by atoms with Crippen LogP contribution in [0.25, 0.3) is 0 Å². The number of anilines is 1. The van der Waals surface area contributed by atoms with Crippen LogP contribution in [0.3, 0.4) is 0 Å². The van der Waals surface area contributed by atoms with E-state index in [9.17, 15) is 9.59 Å². The third-order valence-electron chi connectivity index (χ3n) is 2.71. The molecule has 0 bridgehead atoms. The molecule has 110 valence electrons. The quantitative estimate of drug-likeness (QED) is 0.826. The lowest BCUT2D eigenvalue weighted by atomic mass is 10.2. The summed E-state index contributed by atoms with van der Waals surface area (Å²) < 4.78 is 6.56. The zero-order chi connectivity index (χ0) is 15.1. The molecular formula is C15H17N3O3. The van der Waals surface area contributed by atoms with Gasteiger partial charge in [0.2, 0.25) is 5.91 Å². The Hall–Kier alpha value is -2.63. The van der Waals surface area contributed by atoms with Crippen LogP contribution in [0.4, 0.5) is 5.69 Å². The lowest BCUT2D eigenvalue weighted by Gasteiger charge is -2.07. The van der Waals surface area contributed by atoms with E-state index in [0.29, 0.717) is 17.9 Å². The van der Waals surface area contributed by atoms with Crippen LogP contribution in [-0.4, -0.2) is 28.3 Å². The molecule has 0 fully saturated rings. The molecular weight excluding hydrogens is 270 g/mol. The molecule has 6 heteroatoms. The summed E-state index contributed by atoms with van der Waals surface area (Å²) in [6, 6.07) is 8.35. The van der Waals surface area contributed by atoms with Crippen LogP contribution in [0, 0.1) is 0 Å². The molecule has 0 aliphatic heterocycles. The molecule has 1 aromatic heterocycles. The molecule has 0 aliphatic carbocycles. The SMILES string of the molecule is CCCOC(=O)c1ccc(NC(=O)Cn2cccn2)cc1. The molecule has 0 aliphatic rings. The number of nitrogens with zero attached hydrogens (tertiary/aromatic N) is 2. The molecule has 1 heterocycles. The average Bonchev–Trinajstić information content (AvgIpc) is 2.98. The lowest BCUT2D eigenvalue weighted by molar-refractivity contribution is -0.116. The number of carbonyl (C=O) groups excluding carboxylic acids is 2. The third kappa shape index (κ3) is 4.45. The van der Waals surface area contributed by atoms with Crippen LogP contribution in [0.2, 0.25) is 0 Å². The maximum atomic E-state index is 11.8. The van der Waals surface area contributed by atoms with Gasteiger partial charge in [0.15, 0.2) is 0 Å². The van der Waals surface area contributed by atoms with E-state index in [4.69, 9.17) is 4.74 Å². The van der Waals surface area contributed by atoms with Gasteiger partial charge in [-0.2, -0.15) is 5.10 Å². The average molecular weight is 287 g/mol. The van der Waals surface area contributed by atoms with Gasteiger partial charge in [-0.15, -0.1) is 0 Å². The first-order valence-electron chi connectivity index (χ1n) is 6.73. The number of carbonyl (C=O) groups is 2. The van der Waals surface area contributed by atoms with Crippen molar-refractivity contribution in [2.75, 3.05) is 11.9 Å². The van der Waals surface area contributed by atoms with Crippen molar-refractivity contribution in [3.63, 3.8) is 0 Å². The Morgan fingerprint density at radius 3 is 2.67 bits per heavy atom. The molecule has 0 atom stereocenters. The first kappa shape index (κ1) is 14.8. The van der Waals surface area contributed by atoms with Gasteiger partial charge in [0, 0.05) is 18.1 Å². The lowest BCUT2D eigenvalue weighted by Crippen LogP contribution is -2.19. The zero-order valence-corrected chi connectivity index (χ0v) is 11.8. The van der Waals surface area contributed by atoms with Crippen LogP contribution < -0.4 is 5.32 Å². The van der Waals surface area contributed by atoms with Crippen molar-refractivity contribution in [3.8, 4) is 0 Å². The van der Waals surface area contributed by atoms with Crippen molar-refractivity contribution in [2.24, 2.45) is 0 Å². The van der Waals surface area contributed by atoms with E-state index in [1.807, 2.05) is 6.92 Å². The van der Waals surface area contributed by atoms with Gasteiger partial charge in [-0.1, -0.05) is 6.92 Å². The second-order valence-electron chi connectivity index (χ2n) is 4.47. The van der Waals surface area contributed by atoms with Gasteiger partial charge in [0.1, 0.15) is 6.54 Å². The van der Waals surface area contributed by atoms with E-state index >= 15 is 0 Å². The van der Waals surface area contributed by atoms with E-state index in [0.717, 1.165) is 6.42 Å². The minimum atomic E-state index is -0.355. The number of rotatable bonds is 6. The third-order valence-corrected chi connectivity index (χ3v) is 2.71. The Morgan fingerprint density at radius 1 is 1.29 bits per heavy atom. The number of ether oxygens (including phenoxy) is 1. The number of amides is 1. The number of aromatic nitrogens is 2. The zero-order valence-electron chi connectivity index (χ0n) is 11.8. The summed E-state index contributed by atoms with van der Waals surface area (Å²) in [6.45, 7) is 2.49. The Labute approximate surface area is 122 Å². The molecule has 2 aromatic rings. The maximum absolute atomic E-state index is 11.8. The highest BCUT2D eigenvalue weighted by atomic mass is 16.5. The minimum Gasteiger partial charge on any atom is -0.462 e. The first-order chi connectivity index (χ1) is 10.2. The molecule has 1 aromatic carbocycles. The highest BCUT2D eigenvalue weighted by molar-refractivity contribution is 5.92. The fraction of sp³-hybridized carbons (Fsp3) is 0.267. The van der Waals surface area contributed by atoms with Crippen molar-refractivity contribution >= 4 is 17.6 Å². The molecule has 1 N–H and O–H groups in total. The molecule has 6 nitrogen and oxygen atoms in total. The van der Waals surface area contributed by atoms with Crippen molar-refractivity contribution < 1.29 is 14.3 Å². The second-order valence-corrected chi connectivity index (χ2v) is 4.47. The van der Waals surface area contributed by atoms with Gasteiger partial charge in [-0.3, -0.25) is 9.48 Å². The molecule has 0 saturated carbocycles. The molecule has 1 amide bonds. The largest absolute Gasteiger partial charge is 0.462 e. The van der Waals surface area contributed by atoms with Crippen molar-refractivity contribution in [3.05, 3.63) is 48.3 Å². The molecule has 21 heavy (non-hydrogen) atoms. The van der Waals surface area contributed by atoms with Crippen LogP contribution in [0.5, 0.6) is 0 Å². The number of esters is 1. The topological polar surface area (TPSA) is 73.2 Å². The summed E-state index contributed by atoms with van der Waals surface area (Å²) in [5.41, 5.74) is 1.09. The highest BCUT2D eigenvalue weighted by Crippen LogP contribution is 2.11. The Balaban J connectivity index is 1.90. The van der Waals surface area contributed by atoms with E-state index < -0.39 is 0 Å². The normalized spacial score (nSPS) is 10.1. The molecule has 0 saturated heterocycles. The summed E-state index contributed by atoms with van der Waals surface area (Å²) >= 11 is 0. The van der Waals surface area contributed by atoms with Crippen molar-refractivity contribution in [1.29, 1.82) is 0 Å². The van der Waals surface area contributed by atoms with E-state index in [2.05, 4.69) is 10.4 Å². The summed E-state index contributed by atoms with van der Waals surface area (Å²) in [5.74, 6) is -0.536. The standard InChI is InChI=1S/C15H17N3O3/c1-2-10-21-15(20)12-4-6-13(7-5-12)17-14(19)11-18-9-3-8-16-18/h3-9H,2,10-11H2,1H3,(H,17,19). The van der Waals surface area contributed by atoms with Crippen LogP contribution >= 0.6 is 0 Å². The Bertz CT molecular complexity index is 591. The molecule has 0 spiro atoms. The van der Waals surface area contributed by atoms with E-state index in [1.54, 1.807) is 42.7 Å². The maximum Gasteiger partial charge on any atom is 0.338 e. The van der Waals surface area contributed by atoms with Gasteiger partial charge in [0.05, 0.1) is 12.2 Å². The summed E-state index contributed by atoms with van der Waals surface area (Å²) in [4.78, 5) is 23.4. The van der Waals surface area contributed by atoms with Crippen molar-refractivity contribution in [1.82, 2.24) is 9.78 Å². The fourth-order valence-corrected chi connectivity index (χ4v) is 1.71. The highest BCUT2D eigenvalue weighted by Gasteiger charge is 2.08. The van der Waals surface area contributed by atoms with Gasteiger partial charge < -0.3 is 10.1 Å². The number of benzene rings is 1.